The number of hydrogen-bond donors (Lipinski definition) is 1. The lowest BCUT2D eigenvalue weighted by Gasteiger charge is -2.34. The first-order valence-electron chi connectivity index (χ1n) is 9.15. The second kappa shape index (κ2) is 9.09. The SMILES string of the molecule is COc1ccc(OCC(=O)N2CCN(C(=O)c3ccc(C(=O)O)cc3)CC2)cc1. The highest BCUT2D eigenvalue weighted by Crippen LogP contribution is 2.17. The van der Waals surface area contributed by atoms with Crippen LogP contribution < -0.4 is 9.47 Å². The first-order chi connectivity index (χ1) is 14.0. The number of nitrogens with zero attached hydrogens (tertiary/aromatic N) is 2. The van der Waals surface area contributed by atoms with E-state index in [0.29, 0.717) is 43.2 Å². The Kier molecular flexibility index (Phi) is 6.33. The van der Waals surface area contributed by atoms with Crippen LogP contribution in [0, 0.1) is 0 Å². The van der Waals surface area contributed by atoms with Gasteiger partial charge in [0.15, 0.2) is 6.61 Å². The Hall–Kier alpha value is -3.55. The maximum Gasteiger partial charge on any atom is 0.335 e. The van der Waals surface area contributed by atoms with Gasteiger partial charge in [-0.05, 0) is 48.5 Å². The quantitative estimate of drug-likeness (QED) is 0.797. The Labute approximate surface area is 168 Å². The highest BCUT2D eigenvalue weighted by molar-refractivity contribution is 5.96. The van der Waals surface area contributed by atoms with E-state index in [9.17, 15) is 14.4 Å². The van der Waals surface area contributed by atoms with E-state index in [-0.39, 0.29) is 24.0 Å². The van der Waals surface area contributed by atoms with E-state index in [1.54, 1.807) is 41.2 Å². The Morgan fingerprint density at radius 3 is 1.90 bits per heavy atom. The number of carbonyl (C=O) groups excluding carboxylic acids is 2. The van der Waals surface area contributed by atoms with Gasteiger partial charge in [0.25, 0.3) is 11.8 Å². The molecular weight excluding hydrogens is 376 g/mol. The Bertz CT molecular complexity index is 871. The second-order valence-corrected chi connectivity index (χ2v) is 6.52. The summed E-state index contributed by atoms with van der Waals surface area (Å²) in [4.78, 5) is 39.2. The number of rotatable bonds is 6. The molecule has 0 bridgehead atoms. The molecule has 8 nitrogen and oxygen atoms in total. The van der Waals surface area contributed by atoms with Crippen molar-refractivity contribution in [3.8, 4) is 11.5 Å². The number of piperazine rings is 1. The predicted octanol–water partition coefficient (Wildman–Crippen LogP) is 1.76. The lowest BCUT2D eigenvalue weighted by molar-refractivity contribution is -0.134. The van der Waals surface area contributed by atoms with Crippen molar-refractivity contribution in [2.24, 2.45) is 0 Å². The average Bonchev–Trinajstić information content (AvgIpc) is 2.77. The zero-order valence-corrected chi connectivity index (χ0v) is 16.0. The minimum absolute atomic E-state index is 0.0725. The van der Waals surface area contributed by atoms with E-state index >= 15 is 0 Å². The molecule has 152 valence electrons. The molecule has 1 saturated heterocycles. The fourth-order valence-corrected chi connectivity index (χ4v) is 3.01. The largest absolute Gasteiger partial charge is 0.497 e. The van der Waals surface area contributed by atoms with Crippen molar-refractivity contribution in [3.05, 3.63) is 59.7 Å². The van der Waals surface area contributed by atoms with Crippen molar-refractivity contribution in [2.75, 3.05) is 39.9 Å². The summed E-state index contributed by atoms with van der Waals surface area (Å²) in [5, 5.41) is 8.94. The number of carboxylic acids is 1. The first kappa shape index (κ1) is 20.2. The molecule has 2 amide bonds. The second-order valence-electron chi connectivity index (χ2n) is 6.52. The number of amides is 2. The summed E-state index contributed by atoms with van der Waals surface area (Å²) in [6, 6.07) is 12.8. The lowest BCUT2D eigenvalue weighted by atomic mass is 10.1. The molecule has 1 aliphatic heterocycles. The number of aromatic carboxylic acids is 1. The topological polar surface area (TPSA) is 96.4 Å². The molecule has 0 unspecified atom stereocenters. The van der Waals surface area contributed by atoms with Crippen LogP contribution in [0.3, 0.4) is 0 Å². The molecule has 0 radical (unpaired) electrons. The standard InChI is InChI=1S/C21H22N2O6/c1-28-17-6-8-18(9-7-17)29-14-19(24)22-10-12-23(13-11-22)20(25)15-2-4-16(5-3-15)21(26)27/h2-9H,10-14H2,1H3,(H,26,27). The smallest absolute Gasteiger partial charge is 0.335 e. The van der Waals surface area contributed by atoms with Gasteiger partial charge in [-0.3, -0.25) is 9.59 Å². The van der Waals surface area contributed by atoms with E-state index < -0.39 is 5.97 Å². The maximum atomic E-state index is 12.6. The van der Waals surface area contributed by atoms with Crippen molar-refractivity contribution >= 4 is 17.8 Å². The highest BCUT2D eigenvalue weighted by atomic mass is 16.5. The molecule has 1 heterocycles. The fraction of sp³-hybridized carbons (Fsp3) is 0.286. The van der Waals surface area contributed by atoms with Crippen molar-refractivity contribution in [1.29, 1.82) is 0 Å². The summed E-state index contributed by atoms with van der Waals surface area (Å²) >= 11 is 0. The summed E-state index contributed by atoms with van der Waals surface area (Å²) in [5.41, 5.74) is 0.562. The summed E-state index contributed by atoms with van der Waals surface area (Å²) in [6.07, 6.45) is 0. The van der Waals surface area contributed by atoms with Crippen LogP contribution >= 0.6 is 0 Å². The van der Waals surface area contributed by atoms with Crippen molar-refractivity contribution in [3.63, 3.8) is 0 Å². The normalized spacial score (nSPS) is 13.7. The molecule has 1 aliphatic rings. The van der Waals surface area contributed by atoms with Gasteiger partial charge in [-0.15, -0.1) is 0 Å². The number of benzene rings is 2. The summed E-state index contributed by atoms with van der Waals surface area (Å²) < 4.78 is 10.6. The number of carboxylic acid groups (broad SMARTS) is 1. The molecule has 8 heteroatoms. The van der Waals surface area contributed by atoms with Crippen LogP contribution in [0.4, 0.5) is 0 Å². The van der Waals surface area contributed by atoms with Gasteiger partial charge in [0.05, 0.1) is 12.7 Å². The van der Waals surface area contributed by atoms with Gasteiger partial charge in [0.2, 0.25) is 0 Å². The molecule has 2 aromatic rings. The number of ether oxygens (including phenoxy) is 2. The van der Waals surface area contributed by atoms with Gasteiger partial charge in [-0.1, -0.05) is 0 Å². The number of methoxy groups -OCH3 is 1. The molecule has 29 heavy (non-hydrogen) atoms. The maximum absolute atomic E-state index is 12.6. The third kappa shape index (κ3) is 5.04. The van der Waals surface area contributed by atoms with Crippen LogP contribution in [-0.2, 0) is 4.79 Å². The Morgan fingerprint density at radius 2 is 1.34 bits per heavy atom. The minimum Gasteiger partial charge on any atom is -0.497 e. The Balaban J connectivity index is 1.48. The summed E-state index contributed by atoms with van der Waals surface area (Å²) in [6.45, 7) is 1.59. The van der Waals surface area contributed by atoms with Crippen molar-refractivity contribution in [2.45, 2.75) is 0 Å². The highest BCUT2D eigenvalue weighted by Gasteiger charge is 2.25. The average molecular weight is 398 g/mol. The van der Waals surface area contributed by atoms with Gasteiger partial charge in [0.1, 0.15) is 11.5 Å². The van der Waals surface area contributed by atoms with Gasteiger partial charge in [-0.2, -0.15) is 0 Å². The van der Waals surface area contributed by atoms with Crippen LogP contribution in [-0.4, -0.2) is 72.6 Å². The van der Waals surface area contributed by atoms with E-state index in [1.807, 2.05) is 0 Å². The molecule has 1 N–H and O–H groups in total. The van der Waals surface area contributed by atoms with E-state index in [0.717, 1.165) is 0 Å². The van der Waals surface area contributed by atoms with E-state index in [1.165, 1.54) is 24.3 Å². The molecule has 0 saturated carbocycles. The van der Waals surface area contributed by atoms with Crippen LogP contribution in [0.15, 0.2) is 48.5 Å². The monoisotopic (exact) mass is 398 g/mol. The van der Waals surface area contributed by atoms with Crippen LogP contribution in [0.5, 0.6) is 11.5 Å². The van der Waals surface area contributed by atoms with Gasteiger partial charge < -0.3 is 24.4 Å². The third-order valence-corrected chi connectivity index (χ3v) is 4.72. The van der Waals surface area contributed by atoms with E-state index in [2.05, 4.69) is 0 Å². The molecule has 0 atom stereocenters. The van der Waals surface area contributed by atoms with E-state index in [4.69, 9.17) is 14.6 Å². The lowest BCUT2D eigenvalue weighted by Crippen LogP contribution is -2.51. The molecule has 0 aromatic heterocycles. The predicted molar refractivity (Wildman–Crippen MR) is 104 cm³/mol. The first-order valence-corrected chi connectivity index (χ1v) is 9.15. The van der Waals surface area contributed by atoms with Crippen LogP contribution in [0.1, 0.15) is 20.7 Å². The number of hydrogen-bond acceptors (Lipinski definition) is 5. The fourth-order valence-electron chi connectivity index (χ4n) is 3.01. The zero-order chi connectivity index (χ0) is 20.8. The Morgan fingerprint density at radius 1 is 0.828 bits per heavy atom. The zero-order valence-electron chi connectivity index (χ0n) is 16.0. The molecule has 0 spiro atoms. The minimum atomic E-state index is -1.03. The third-order valence-electron chi connectivity index (χ3n) is 4.72. The summed E-state index contributed by atoms with van der Waals surface area (Å²) in [5.74, 6) is -0.0601. The van der Waals surface area contributed by atoms with Gasteiger partial charge in [0, 0.05) is 31.7 Å². The number of carbonyl (C=O) groups is 3. The molecule has 0 aliphatic carbocycles. The summed E-state index contributed by atoms with van der Waals surface area (Å²) in [7, 11) is 1.58. The molecular formula is C21H22N2O6. The van der Waals surface area contributed by atoms with Crippen molar-refractivity contribution in [1.82, 2.24) is 9.80 Å². The van der Waals surface area contributed by atoms with Crippen molar-refractivity contribution < 1.29 is 29.0 Å². The van der Waals surface area contributed by atoms with Crippen LogP contribution in [0.25, 0.3) is 0 Å². The molecule has 1 fully saturated rings. The van der Waals surface area contributed by atoms with Gasteiger partial charge in [-0.25, -0.2) is 4.79 Å². The van der Waals surface area contributed by atoms with Gasteiger partial charge >= 0.3 is 5.97 Å². The van der Waals surface area contributed by atoms with Crippen LogP contribution in [0.2, 0.25) is 0 Å². The molecule has 3 rings (SSSR count). The molecule has 2 aromatic carbocycles.